The van der Waals surface area contributed by atoms with E-state index in [0.717, 1.165) is 13.0 Å². The zero-order valence-electron chi connectivity index (χ0n) is 15.9. The van der Waals surface area contributed by atoms with Crippen LogP contribution in [0.3, 0.4) is 0 Å². The maximum atomic E-state index is 12.6. The van der Waals surface area contributed by atoms with Crippen LogP contribution in [-0.4, -0.2) is 39.8 Å². The second-order valence-electron chi connectivity index (χ2n) is 6.70. The first-order valence-corrected chi connectivity index (χ1v) is 11.1. The van der Waals surface area contributed by atoms with Gasteiger partial charge in [-0.05, 0) is 50.7 Å². The maximum Gasteiger partial charge on any atom is 0.191 e. The maximum absolute atomic E-state index is 12.6. The summed E-state index contributed by atoms with van der Waals surface area (Å²) in [4.78, 5) is 4.61. The van der Waals surface area contributed by atoms with Gasteiger partial charge < -0.3 is 10.6 Å². The van der Waals surface area contributed by atoms with E-state index in [1.54, 1.807) is 31.3 Å². The molecule has 26 heavy (non-hydrogen) atoms. The van der Waals surface area contributed by atoms with Gasteiger partial charge in [-0.3, -0.25) is 4.99 Å². The summed E-state index contributed by atoms with van der Waals surface area (Å²) in [6.07, 6.45) is 9.04. The molecule has 144 valence electrons. The molecule has 1 atom stereocenters. The Balaban J connectivity index is 1.87. The predicted molar refractivity (Wildman–Crippen MR) is 108 cm³/mol. The number of benzene rings is 1. The van der Waals surface area contributed by atoms with Crippen LogP contribution in [0.15, 0.2) is 51.9 Å². The average molecular weight is 378 g/mol. The van der Waals surface area contributed by atoms with Crippen molar-refractivity contribution in [3.63, 3.8) is 0 Å². The van der Waals surface area contributed by atoms with Crippen LogP contribution in [0.25, 0.3) is 0 Å². The molecule has 6 heteroatoms. The first-order valence-electron chi connectivity index (χ1n) is 9.48. The Morgan fingerprint density at radius 1 is 1.23 bits per heavy atom. The zero-order chi connectivity index (χ0) is 18.8. The molecule has 1 aromatic carbocycles. The van der Waals surface area contributed by atoms with E-state index in [4.69, 9.17) is 0 Å². The Kier molecular flexibility index (Phi) is 8.16. The number of sulfone groups is 1. The number of allylic oxidation sites excluding steroid dienone is 1. The summed E-state index contributed by atoms with van der Waals surface area (Å²) in [5, 5.41) is 6.57. The van der Waals surface area contributed by atoms with Crippen LogP contribution in [0.4, 0.5) is 0 Å². The van der Waals surface area contributed by atoms with E-state index >= 15 is 0 Å². The minimum Gasteiger partial charge on any atom is -0.356 e. The van der Waals surface area contributed by atoms with E-state index < -0.39 is 9.84 Å². The van der Waals surface area contributed by atoms with Crippen molar-refractivity contribution in [3.05, 3.63) is 42.0 Å². The minimum absolute atomic E-state index is 0.0549. The van der Waals surface area contributed by atoms with E-state index in [9.17, 15) is 8.42 Å². The Morgan fingerprint density at radius 2 is 2.00 bits per heavy atom. The van der Waals surface area contributed by atoms with Crippen molar-refractivity contribution in [2.75, 3.05) is 19.3 Å². The normalized spacial score (nSPS) is 16.7. The van der Waals surface area contributed by atoms with Crippen molar-refractivity contribution < 1.29 is 8.42 Å². The van der Waals surface area contributed by atoms with Gasteiger partial charge in [-0.15, -0.1) is 0 Å². The zero-order valence-corrected chi connectivity index (χ0v) is 16.7. The molecule has 0 heterocycles. The monoisotopic (exact) mass is 377 g/mol. The van der Waals surface area contributed by atoms with Crippen LogP contribution >= 0.6 is 0 Å². The summed E-state index contributed by atoms with van der Waals surface area (Å²) >= 11 is 0. The van der Waals surface area contributed by atoms with Gasteiger partial charge in [-0.1, -0.05) is 36.8 Å². The third kappa shape index (κ3) is 6.48. The average Bonchev–Trinajstić information content (AvgIpc) is 2.67. The fourth-order valence-electron chi connectivity index (χ4n) is 3.11. The minimum atomic E-state index is -3.32. The Bertz CT molecular complexity index is 712. The lowest BCUT2D eigenvalue weighted by Crippen LogP contribution is -2.46. The second kappa shape index (κ2) is 10.4. The summed E-state index contributed by atoms with van der Waals surface area (Å²) < 4.78 is 25.2. The molecule has 0 saturated heterocycles. The van der Waals surface area contributed by atoms with Crippen molar-refractivity contribution in [2.45, 2.75) is 56.4 Å². The summed E-state index contributed by atoms with van der Waals surface area (Å²) in [6, 6.07) is 8.44. The van der Waals surface area contributed by atoms with Crippen LogP contribution < -0.4 is 10.6 Å². The SMILES string of the molecule is CCC(CS(=O)(=O)c1ccccc1)NC(=NC)NCCC1=CCCCC1. The van der Waals surface area contributed by atoms with E-state index in [2.05, 4.69) is 21.7 Å². The molecule has 0 bridgehead atoms. The fourth-order valence-corrected chi connectivity index (χ4v) is 4.72. The first kappa shape index (κ1) is 20.5. The lowest BCUT2D eigenvalue weighted by molar-refractivity contribution is 0.568. The third-order valence-corrected chi connectivity index (χ3v) is 6.54. The summed E-state index contributed by atoms with van der Waals surface area (Å²) in [6.45, 7) is 2.80. The molecule has 5 nitrogen and oxygen atoms in total. The van der Waals surface area contributed by atoms with Crippen LogP contribution in [-0.2, 0) is 9.84 Å². The Hall–Kier alpha value is -1.82. The predicted octanol–water partition coefficient (Wildman–Crippen LogP) is 3.29. The Labute approximate surface area is 157 Å². The van der Waals surface area contributed by atoms with Gasteiger partial charge in [0.15, 0.2) is 15.8 Å². The Morgan fingerprint density at radius 3 is 2.62 bits per heavy atom. The first-order chi connectivity index (χ1) is 12.5. The number of aliphatic imine (C=N–C) groups is 1. The topological polar surface area (TPSA) is 70.6 Å². The van der Waals surface area contributed by atoms with Gasteiger partial charge >= 0.3 is 0 Å². The summed E-state index contributed by atoms with van der Waals surface area (Å²) in [5.41, 5.74) is 1.51. The van der Waals surface area contributed by atoms with E-state index in [1.165, 1.54) is 31.3 Å². The molecule has 2 rings (SSSR count). The molecule has 0 spiro atoms. The molecule has 0 aliphatic heterocycles. The molecule has 0 aromatic heterocycles. The molecule has 1 aliphatic rings. The van der Waals surface area contributed by atoms with E-state index in [0.29, 0.717) is 17.3 Å². The van der Waals surface area contributed by atoms with Gasteiger partial charge in [0.2, 0.25) is 0 Å². The number of hydrogen-bond acceptors (Lipinski definition) is 3. The van der Waals surface area contributed by atoms with Crippen LogP contribution in [0, 0.1) is 0 Å². The standard InChI is InChI=1S/C20H31N3O2S/c1-3-18(16-26(24,25)19-12-8-5-9-13-19)23-20(21-2)22-15-14-17-10-6-4-7-11-17/h5,8-10,12-13,18H,3-4,6-7,11,14-16H2,1-2H3,(H2,21,22,23). The van der Waals surface area contributed by atoms with Gasteiger partial charge in [0.05, 0.1) is 10.6 Å². The molecule has 1 aliphatic carbocycles. The highest BCUT2D eigenvalue weighted by Crippen LogP contribution is 2.19. The number of hydrogen-bond donors (Lipinski definition) is 2. The molecular weight excluding hydrogens is 346 g/mol. The van der Waals surface area contributed by atoms with Gasteiger partial charge in [0, 0.05) is 19.6 Å². The third-order valence-electron chi connectivity index (χ3n) is 4.70. The van der Waals surface area contributed by atoms with E-state index in [-0.39, 0.29) is 11.8 Å². The number of guanidine groups is 1. The van der Waals surface area contributed by atoms with Crippen LogP contribution in [0.1, 0.15) is 45.4 Å². The van der Waals surface area contributed by atoms with Gasteiger partial charge in [-0.25, -0.2) is 8.42 Å². The molecule has 0 saturated carbocycles. The quantitative estimate of drug-likeness (QED) is 0.414. The number of nitrogens with one attached hydrogen (secondary N) is 2. The molecule has 0 radical (unpaired) electrons. The lowest BCUT2D eigenvalue weighted by Gasteiger charge is -2.21. The van der Waals surface area contributed by atoms with Gasteiger partial charge in [0.1, 0.15) is 0 Å². The summed E-state index contributed by atoms with van der Waals surface area (Å²) in [5.74, 6) is 0.718. The smallest absolute Gasteiger partial charge is 0.191 e. The molecule has 1 aromatic rings. The fraction of sp³-hybridized carbons (Fsp3) is 0.550. The van der Waals surface area contributed by atoms with Crippen LogP contribution in [0.2, 0.25) is 0 Å². The highest BCUT2D eigenvalue weighted by molar-refractivity contribution is 7.91. The second-order valence-corrected chi connectivity index (χ2v) is 8.74. The largest absolute Gasteiger partial charge is 0.356 e. The molecule has 0 amide bonds. The molecule has 2 N–H and O–H groups in total. The van der Waals surface area contributed by atoms with Crippen molar-refractivity contribution in [3.8, 4) is 0 Å². The number of nitrogens with zero attached hydrogens (tertiary/aromatic N) is 1. The molecule has 0 fully saturated rings. The van der Waals surface area contributed by atoms with Crippen molar-refractivity contribution in [2.24, 2.45) is 4.99 Å². The highest BCUT2D eigenvalue weighted by atomic mass is 32.2. The van der Waals surface area contributed by atoms with Crippen LogP contribution in [0.5, 0.6) is 0 Å². The highest BCUT2D eigenvalue weighted by Gasteiger charge is 2.20. The van der Waals surface area contributed by atoms with Crippen molar-refractivity contribution in [1.29, 1.82) is 0 Å². The van der Waals surface area contributed by atoms with Gasteiger partial charge in [0.25, 0.3) is 0 Å². The summed E-state index contributed by atoms with van der Waals surface area (Å²) in [7, 11) is -1.60. The van der Waals surface area contributed by atoms with Crippen molar-refractivity contribution in [1.82, 2.24) is 10.6 Å². The lowest BCUT2D eigenvalue weighted by atomic mass is 9.97. The van der Waals surface area contributed by atoms with E-state index in [1.807, 2.05) is 13.0 Å². The van der Waals surface area contributed by atoms with Crippen molar-refractivity contribution >= 4 is 15.8 Å². The van der Waals surface area contributed by atoms with Gasteiger partial charge in [-0.2, -0.15) is 0 Å². The molecule has 1 unspecified atom stereocenters. The molecular formula is C20H31N3O2S. The number of rotatable bonds is 8.